The molecule has 0 spiro atoms. The zero-order chi connectivity index (χ0) is 19.5. The molecule has 0 saturated heterocycles. The third-order valence-electron chi connectivity index (χ3n) is 4.60. The number of hydrogen-bond donors (Lipinski definition) is 0. The molecular formula is C24H32O3. The van der Waals surface area contributed by atoms with Crippen LogP contribution in [0.15, 0.2) is 48.5 Å². The molecule has 0 bridgehead atoms. The van der Waals surface area contributed by atoms with Gasteiger partial charge < -0.3 is 9.47 Å². The number of benzene rings is 2. The van der Waals surface area contributed by atoms with E-state index < -0.39 is 0 Å². The first-order chi connectivity index (χ1) is 13.1. The molecular weight excluding hydrogens is 336 g/mol. The van der Waals surface area contributed by atoms with Gasteiger partial charge in [-0.05, 0) is 48.6 Å². The van der Waals surface area contributed by atoms with E-state index in [2.05, 4.69) is 31.2 Å². The summed E-state index contributed by atoms with van der Waals surface area (Å²) in [6, 6.07) is 16.4. The third-order valence-corrected chi connectivity index (χ3v) is 4.60. The second-order valence-electron chi connectivity index (χ2n) is 6.94. The normalized spacial score (nSPS) is 11.8. The van der Waals surface area contributed by atoms with E-state index in [0.717, 1.165) is 41.9 Å². The first-order valence-corrected chi connectivity index (χ1v) is 10.2. The molecule has 0 aromatic heterocycles. The lowest BCUT2D eigenvalue weighted by atomic mass is 10.0. The van der Waals surface area contributed by atoms with Gasteiger partial charge >= 0.3 is 5.97 Å². The van der Waals surface area contributed by atoms with E-state index in [4.69, 9.17) is 9.47 Å². The average molecular weight is 369 g/mol. The van der Waals surface area contributed by atoms with E-state index in [9.17, 15) is 4.79 Å². The molecule has 146 valence electrons. The Hall–Kier alpha value is -2.29. The van der Waals surface area contributed by atoms with Gasteiger partial charge in [0, 0.05) is 6.42 Å². The summed E-state index contributed by atoms with van der Waals surface area (Å²) in [4.78, 5) is 11.6. The maximum atomic E-state index is 11.6. The summed E-state index contributed by atoms with van der Waals surface area (Å²) in [5, 5.41) is 0. The highest BCUT2D eigenvalue weighted by atomic mass is 16.5. The quantitative estimate of drug-likeness (QED) is 0.326. The number of rotatable bonds is 11. The lowest BCUT2D eigenvalue weighted by molar-refractivity contribution is -0.148. The molecule has 2 rings (SSSR count). The molecule has 0 saturated carbocycles. The molecule has 0 aliphatic rings. The highest BCUT2D eigenvalue weighted by molar-refractivity contribution is 5.69. The molecule has 0 fully saturated rings. The van der Waals surface area contributed by atoms with Crippen LogP contribution in [-0.2, 0) is 9.53 Å². The minimum absolute atomic E-state index is 0.139. The summed E-state index contributed by atoms with van der Waals surface area (Å²) in [6.07, 6.45) is 5.91. The Morgan fingerprint density at radius 1 is 0.852 bits per heavy atom. The second-order valence-corrected chi connectivity index (χ2v) is 6.94. The third kappa shape index (κ3) is 7.09. The SMILES string of the molecule is CCCCCCOc1ccc(-c2ccc(C(C)OC(=O)CCC)cc2)cc1. The standard InChI is InChI=1S/C24H32O3/c1-4-6-7-8-18-26-23-16-14-22(15-17-23)21-12-10-20(11-13-21)19(3)27-24(25)9-5-2/h10-17,19H,4-9,18H2,1-3H3. The van der Waals surface area contributed by atoms with Crippen molar-refractivity contribution in [2.45, 2.75) is 65.4 Å². The fraction of sp³-hybridized carbons (Fsp3) is 0.458. The van der Waals surface area contributed by atoms with Gasteiger partial charge in [0.15, 0.2) is 0 Å². The first kappa shape index (κ1) is 21.0. The Bertz CT molecular complexity index is 674. The van der Waals surface area contributed by atoms with Gasteiger partial charge in [0.05, 0.1) is 6.61 Å². The van der Waals surface area contributed by atoms with Crippen LogP contribution in [0.1, 0.15) is 71.0 Å². The maximum Gasteiger partial charge on any atom is 0.306 e. The van der Waals surface area contributed by atoms with Gasteiger partial charge in [-0.2, -0.15) is 0 Å². The van der Waals surface area contributed by atoms with Crippen molar-refractivity contribution in [2.75, 3.05) is 6.61 Å². The molecule has 0 aliphatic carbocycles. The number of ether oxygens (including phenoxy) is 2. The molecule has 1 unspecified atom stereocenters. The monoisotopic (exact) mass is 368 g/mol. The van der Waals surface area contributed by atoms with E-state index >= 15 is 0 Å². The van der Waals surface area contributed by atoms with Crippen molar-refractivity contribution in [3.05, 3.63) is 54.1 Å². The highest BCUT2D eigenvalue weighted by Gasteiger charge is 2.11. The highest BCUT2D eigenvalue weighted by Crippen LogP contribution is 2.25. The number of carbonyl (C=O) groups excluding carboxylic acids is 1. The number of carbonyl (C=O) groups is 1. The lowest BCUT2D eigenvalue weighted by Gasteiger charge is -2.14. The Balaban J connectivity index is 1.89. The molecule has 0 aliphatic heterocycles. The van der Waals surface area contributed by atoms with Gasteiger partial charge in [-0.15, -0.1) is 0 Å². The summed E-state index contributed by atoms with van der Waals surface area (Å²) < 4.78 is 11.2. The van der Waals surface area contributed by atoms with Crippen molar-refractivity contribution < 1.29 is 14.3 Å². The van der Waals surface area contributed by atoms with Crippen LogP contribution in [0, 0.1) is 0 Å². The van der Waals surface area contributed by atoms with Crippen molar-refractivity contribution >= 4 is 5.97 Å². The predicted molar refractivity (Wildman–Crippen MR) is 111 cm³/mol. The van der Waals surface area contributed by atoms with E-state index in [0.29, 0.717) is 6.42 Å². The smallest absolute Gasteiger partial charge is 0.306 e. The van der Waals surface area contributed by atoms with Crippen molar-refractivity contribution in [3.63, 3.8) is 0 Å². The molecule has 3 heteroatoms. The predicted octanol–water partition coefficient (Wildman–Crippen LogP) is 6.72. The summed E-state index contributed by atoms with van der Waals surface area (Å²) in [5.74, 6) is 0.780. The van der Waals surface area contributed by atoms with Gasteiger partial charge in [-0.3, -0.25) is 4.79 Å². The fourth-order valence-corrected chi connectivity index (χ4v) is 2.94. The van der Waals surface area contributed by atoms with Crippen LogP contribution in [0.25, 0.3) is 11.1 Å². The van der Waals surface area contributed by atoms with Gasteiger partial charge in [-0.25, -0.2) is 0 Å². The molecule has 2 aromatic rings. The van der Waals surface area contributed by atoms with Gasteiger partial charge in [0.1, 0.15) is 11.9 Å². The summed E-state index contributed by atoms with van der Waals surface area (Å²) >= 11 is 0. The van der Waals surface area contributed by atoms with E-state index in [1.54, 1.807) is 0 Å². The Morgan fingerprint density at radius 2 is 1.48 bits per heavy atom. The Morgan fingerprint density at radius 3 is 2.07 bits per heavy atom. The maximum absolute atomic E-state index is 11.6. The minimum atomic E-state index is -0.221. The van der Waals surface area contributed by atoms with Crippen molar-refractivity contribution in [1.29, 1.82) is 0 Å². The molecule has 0 radical (unpaired) electrons. The zero-order valence-electron chi connectivity index (χ0n) is 16.9. The van der Waals surface area contributed by atoms with Gasteiger partial charge in [-0.1, -0.05) is 69.5 Å². The van der Waals surface area contributed by atoms with Gasteiger partial charge in [0.2, 0.25) is 0 Å². The Labute approximate surface area is 163 Å². The molecule has 27 heavy (non-hydrogen) atoms. The summed E-state index contributed by atoms with van der Waals surface area (Å²) in [7, 11) is 0. The van der Waals surface area contributed by atoms with Gasteiger partial charge in [0.25, 0.3) is 0 Å². The molecule has 3 nitrogen and oxygen atoms in total. The van der Waals surface area contributed by atoms with Crippen LogP contribution in [0.5, 0.6) is 5.75 Å². The van der Waals surface area contributed by atoms with E-state index in [-0.39, 0.29) is 12.1 Å². The fourth-order valence-electron chi connectivity index (χ4n) is 2.94. The van der Waals surface area contributed by atoms with Crippen LogP contribution in [-0.4, -0.2) is 12.6 Å². The molecule has 0 N–H and O–H groups in total. The molecule has 2 aromatic carbocycles. The molecule has 0 amide bonds. The first-order valence-electron chi connectivity index (χ1n) is 10.2. The van der Waals surface area contributed by atoms with Crippen molar-refractivity contribution in [3.8, 4) is 16.9 Å². The molecule has 1 atom stereocenters. The topological polar surface area (TPSA) is 35.5 Å². The number of hydrogen-bond acceptors (Lipinski definition) is 3. The largest absolute Gasteiger partial charge is 0.494 e. The minimum Gasteiger partial charge on any atom is -0.494 e. The van der Waals surface area contributed by atoms with Crippen LogP contribution < -0.4 is 4.74 Å². The van der Waals surface area contributed by atoms with Crippen LogP contribution >= 0.6 is 0 Å². The average Bonchev–Trinajstić information content (AvgIpc) is 2.68. The van der Waals surface area contributed by atoms with Crippen LogP contribution in [0.4, 0.5) is 0 Å². The second kappa shape index (κ2) is 11.4. The lowest BCUT2D eigenvalue weighted by Crippen LogP contribution is -2.08. The number of unbranched alkanes of at least 4 members (excludes halogenated alkanes) is 3. The summed E-state index contributed by atoms with van der Waals surface area (Å²) in [5.41, 5.74) is 3.30. The van der Waals surface area contributed by atoms with E-state index in [1.165, 1.54) is 19.3 Å². The molecule has 0 heterocycles. The van der Waals surface area contributed by atoms with Crippen molar-refractivity contribution in [1.82, 2.24) is 0 Å². The van der Waals surface area contributed by atoms with Crippen LogP contribution in [0.3, 0.4) is 0 Å². The Kier molecular flexibility index (Phi) is 8.90. The summed E-state index contributed by atoms with van der Waals surface area (Å²) in [6.45, 7) is 6.88. The number of esters is 1. The van der Waals surface area contributed by atoms with Crippen LogP contribution in [0.2, 0.25) is 0 Å². The zero-order valence-corrected chi connectivity index (χ0v) is 16.9. The van der Waals surface area contributed by atoms with Crippen molar-refractivity contribution in [2.24, 2.45) is 0 Å². The van der Waals surface area contributed by atoms with E-state index in [1.807, 2.05) is 38.1 Å².